The Kier molecular flexibility index (Phi) is 5.15. The molecule has 28 heavy (non-hydrogen) atoms. The number of nitrogen functional groups attached to an aromatic ring is 1. The minimum Gasteiger partial charge on any atom is -0.493 e. The minimum absolute atomic E-state index is 0.495. The molecule has 0 radical (unpaired) electrons. The Morgan fingerprint density at radius 2 is 1.54 bits per heavy atom. The molecule has 0 aliphatic rings. The van der Waals surface area contributed by atoms with E-state index in [2.05, 4.69) is 33.4 Å². The molecule has 2 N–H and O–H groups in total. The van der Waals surface area contributed by atoms with Crippen molar-refractivity contribution in [2.75, 3.05) is 19.5 Å². The lowest BCUT2D eigenvalue weighted by atomic mass is 10.2. The summed E-state index contributed by atoms with van der Waals surface area (Å²) in [6, 6.07) is 26.3. The van der Waals surface area contributed by atoms with Gasteiger partial charge in [0.05, 0.1) is 13.7 Å². The predicted molar refractivity (Wildman–Crippen MR) is 111 cm³/mol. The van der Waals surface area contributed by atoms with Gasteiger partial charge in [0.1, 0.15) is 24.2 Å². The highest BCUT2D eigenvalue weighted by Crippen LogP contribution is 2.26. The number of fused-ring (bicyclic) bond motifs is 1. The van der Waals surface area contributed by atoms with Crippen LogP contribution in [-0.2, 0) is 13.1 Å². The van der Waals surface area contributed by atoms with Crippen molar-refractivity contribution in [3.8, 4) is 11.5 Å². The smallest absolute Gasteiger partial charge is 0.356 e. The van der Waals surface area contributed by atoms with Crippen molar-refractivity contribution in [2.24, 2.45) is 0 Å². The number of aromatic nitrogens is 2. The van der Waals surface area contributed by atoms with Gasteiger partial charge in [-0.15, -0.1) is 0 Å². The zero-order valence-electron chi connectivity index (χ0n) is 15.9. The molecule has 1 heterocycles. The van der Waals surface area contributed by atoms with Crippen LogP contribution in [0, 0.1) is 0 Å². The average molecular weight is 374 g/mol. The Labute approximate surface area is 164 Å². The van der Waals surface area contributed by atoms with Gasteiger partial charge in [0.25, 0.3) is 0 Å². The molecule has 0 fully saturated rings. The van der Waals surface area contributed by atoms with Crippen molar-refractivity contribution in [1.82, 2.24) is 4.57 Å². The lowest BCUT2D eigenvalue weighted by Crippen LogP contribution is -2.37. The van der Waals surface area contributed by atoms with E-state index in [4.69, 9.17) is 15.2 Å². The van der Waals surface area contributed by atoms with Crippen molar-refractivity contribution in [3.05, 3.63) is 84.4 Å². The highest BCUT2D eigenvalue weighted by Gasteiger charge is 2.20. The fourth-order valence-corrected chi connectivity index (χ4v) is 3.47. The molecule has 0 saturated heterocycles. The van der Waals surface area contributed by atoms with E-state index in [1.807, 2.05) is 54.6 Å². The number of hydrogen-bond donors (Lipinski definition) is 1. The van der Waals surface area contributed by atoms with Crippen LogP contribution in [0.15, 0.2) is 78.9 Å². The van der Waals surface area contributed by atoms with Crippen LogP contribution in [0.3, 0.4) is 0 Å². The summed E-state index contributed by atoms with van der Waals surface area (Å²) in [7, 11) is 1.64. The summed E-state index contributed by atoms with van der Waals surface area (Å²) in [5.41, 5.74) is 9.97. The molecule has 0 unspecified atom stereocenters. The molecule has 142 valence electrons. The molecule has 0 amide bonds. The molecular formula is C23H24N3O2+. The van der Waals surface area contributed by atoms with Crippen LogP contribution in [-0.4, -0.2) is 18.3 Å². The maximum absolute atomic E-state index is 6.55. The first-order chi connectivity index (χ1) is 13.8. The van der Waals surface area contributed by atoms with E-state index in [9.17, 15) is 0 Å². The molecule has 0 saturated carbocycles. The molecule has 0 aliphatic heterocycles. The fraction of sp³-hybridized carbons (Fsp3) is 0.174. The van der Waals surface area contributed by atoms with Crippen LogP contribution in [0.2, 0.25) is 0 Å². The molecule has 4 rings (SSSR count). The lowest BCUT2D eigenvalue weighted by molar-refractivity contribution is -0.648. The first-order valence-corrected chi connectivity index (χ1v) is 9.34. The Balaban J connectivity index is 1.59. The highest BCUT2D eigenvalue weighted by atomic mass is 16.5. The molecule has 0 spiro atoms. The summed E-state index contributed by atoms with van der Waals surface area (Å²) in [6.45, 7) is 1.87. The zero-order chi connectivity index (χ0) is 19.3. The Bertz CT molecular complexity index is 1070. The summed E-state index contributed by atoms with van der Waals surface area (Å²) < 4.78 is 15.6. The topological polar surface area (TPSA) is 53.3 Å². The first-order valence-electron chi connectivity index (χ1n) is 9.34. The highest BCUT2D eigenvalue weighted by molar-refractivity contribution is 5.73. The van der Waals surface area contributed by atoms with E-state index in [0.29, 0.717) is 19.1 Å². The summed E-state index contributed by atoms with van der Waals surface area (Å²) in [6.07, 6.45) is 0. The van der Waals surface area contributed by atoms with Crippen LogP contribution < -0.4 is 19.8 Å². The summed E-state index contributed by atoms with van der Waals surface area (Å²) in [5, 5.41) is 0. The number of methoxy groups -OCH3 is 1. The zero-order valence-corrected chi connectivity index (χ0v) is 15.9. The second-order valence-electron chi connectivity index (χ2n) is 6.57. The number of ether oxygens (including phenoxy) is 2. The van der Waals surface area contributed by atoms with E-state index in [1.54, 1.807) is 7.11 Å². The maximum Gasteiger partial charge on any atom is 0.356 e. The quantitative estimate of drug-likeness (QED) is 0.503. The van der Waals surface area contributed by atoms with E-state index >= 15 is 0 Å². The third kappa shape index (κ3) is 3.51. The molecular weight excluding hydrogens is 350 g/mol. The standard InChI is InChI=1S/C23H23N3O2/c1-27-21-13-7-8-14-22(21)28-16-15-25-19-11-5-6-12-20(19)26(23(25)24)17-18-9-3-2-4-10-18/h2-14,24H,15-17H2,1H3/p+1. The van der Waals surface area contributed by atoms with Gasteiger partial charge in [-0.3, -0.25) is 5.73 Å². The van der Waals surface area contributed by atoms with E-state index < -0.39 is 0 Å². The van der Waals surface area contributed by atoms with E-state index in [-0.39, 0.29) is 0 Å². The Hall–Kier alpha value is -3.47. The van der Waals surface area contributed by atoms with Crippen molar-refractivity contribution in [2.45, 2.75) is 13.1 Å². The number of benzene rings is 3. The van der Waals surface area contributed by atoms with Crippen molar-refractivity contribution in [3.63, 3.8) is 0 Å². The SMILES string of the molecule is COc1ccccc1OCCn1c(N)[n+](Cc2ccccc2)c2ccccc21. The van der Waals surface area contributed by atoms with Crippen molar-refractivity contribution >= 4 is 17.0 Å². The molecule has 0 atom stereocenters. The van der Waals surface area contributed by atoms with Crippen LogP contribution in [0.5, 0.6) is 11.5 Å². The molecule has 3 aromatic carbocycles. The Morgan fingerprint density at radius 1 is 0.857 bits per heavy atom. The minimum atomic E-state index is 0.495. The van der Waals surface area contributed by atoms with Gasteiger partial charge in [-0.1, -0.05) is 54.6 Å². The van der Waals surface area contributed by atoms with Crippen LogP contribution >= 0.6 is 0 Å². The van der Waals surface area contributed by atoms with Crippen LogP contribution in [0.1, 0.15) is 5.56 Å². The van der Waals surface area contributed by atoms with Gasteiger partial charge in [0.2, 0.25) is 0 Å². The maximum atomic E-state index is 6.55. The summed E-state index contributed by atoms with van der Waals surface area (Å²) in [4.78, 5) is 0. The number of hydrogen-bond acceptors (Lipinski definition) is 3. The fourth-order valence-electron chi connectivity index (χ4n) is 3.47. The molecule has 1 aromatic heterocycles. The molecule has 5 nitrogen and oxygen atoms in total. The normalized spacial score (nSPS) is 10.9. The van der Waals surface area contributed by atoms with Gasteiger partial charge in [-0.05, 0) is 29.8 Å². The molecule has 4 aromatic rings. The van der Waals surface area contributed by atoms with Crippen LogP contribution in [0.25, 0.3) is 11.0 Å². The second-order valence-corrected chi connectivity index (χ2v) is 6.57. The van der Waals surface area contributed by atoms with Gasteiger partial charge < -0.3 is 9.47 Å². The van der Waals surface area contributed by atoms with Gasteiger partial charge in [-0.25, -0.2) is 9.13 Å². The number of imidazole rings is 1. The predicted octanol–water partition coefficient (Wildman–Crippen LogP) is 3.65. The Morgan fingerprint density at radius 3 is 2.32 bits per heavy atom. The monoisotopic (exact) mass is 374 g/mol. The number of nitrogens with zero attached hydrogens (tertiary/aromatic N) is 2. The number of rotatable bonds is 7. The van der Waals surface area contributed by atoms with Gasteiger partial charge in [0.15, 0.2) is 11.5 Å². The second kappa shape index (κ2) is 8.05. The van der Waals surface area contributed by atoms with Crippen LogP contribution in [0.4, 0.5) is 5.95 Å². The summed E-state index contributed by atoms with van der Waals surface area (Å²) in [5.74, 6) is 2.18. The number of anilines is 1. The summed E-state index contributed by atoms with van der Waals surface area (Å²) >= 11 is 0. The van der Waals surface area contributed by atoms with Gasteiger partial charge in [0, 0.05) is 0 Å². The van der Waals surface area contributed by atoms with E-state index in [0.717, 1.165) is 29.1 Å². The third-order valence-corrected chi connectivity index (χ3v) is 4.84. The van der Waals surface area contributed by atoms with E-state index in [1.165, 1.54) is 5.56 Å². The molecule has 5 heteroatoms. The van der Waals surface area contributed by atoms with Crippen molar-refractivity contribution < 1.29 is 14.0 Å². The number of nitrogens with two attached hydrogens (primary N) is 1. The molecule has 0 bridgehead atoms. The van der Waals surface area contributed by atoms with Gasteiger partial charge >= 0.3 is 5.95 Å². The largest absolute Gasteiger partial charge is 0.493 e. The average Bonchev–Trinajstić information content (AvgIpc) is 3.01. The molecule has 0 aliphatic carbocycles. The number of para-hydroxylation sites is 4. The van der Waals surface area contributed by atoms with Gasteiger partial charge in [-0.2, -0.15) is 0 Å². The van der Waals surface area contributed by atoms with Crippen molar-refractivity contribution in [1.29, 1.82) is 0 Å². The third-order valence-electron chi connectivity index (χ3n) is 4.84. The lowest BCUT2D eigenvalue weighted by Gasteiger charge is -2.10. The first kappa shape index (κ1) is 17.9.